The Morgan fingerprint density at radius 2 is 1.11 bits per heavy atom. The second-order valence-electron chi connectivity index (χ2n) is 6.63. The Morgan fingerprint density at radius 3 is 1.32 bits per heavy atom. The van der Waals surface area contributed by atoms with Crippen molar-refractivity contribution >= 4 is 17.3 Å². The van der Waals surface area contributed by atoms with E-state index >= 15 is 0 Å². The van der Waals surface area contributed by atoms with Gasteiger partial charge in [0.25, 0.3) is 0 Å². The van der Waals surface area contributed by atoms with Gasteiger partial charge in [-0.1, -0.05) is 24.3 Å². The minimum atomic E-state index is -1.54. The lowest BCUT2D eigenvalue weighted by molar-refractivity contribution is -0.158. The maximum absolute atomic E-state index is 12.4. The molecule has 2 aromatic rings. The van der Waals surface area contributed by atoms with E-state index in [0.717, 1.165) is 37.6 Å². The van der Waals surface area contributed by atoms with Gasteiger partial charge in [0.2, 0.25) is 5.60 Å². The predicted molar refractivity (Wildman–Crippen MR) is 115 cm³/mol. The molecule has 0 spiro atoms. The summed E-state index contributed by atoms with van der Waals surface area (Å²) in [6.07, 6.45) is 0. The topological polar surface area (TPSA) is 53.0 Å². The molecule has 0 saturated carbocycles. The average Bonchev–Trinajstić information content (AvgIpc) is 2.72. The van der Waals surface area contributed by atoms with Crippen molar-refractivity contribution in [1.29, 1.82) is 0 Å². The molecule has 152 valence electrons. The number of anilines is 2. The van der Waals surface area contributed by atoms with Crippen LogP contribution in [0.5, 0.6) is 0 Å². The first-order chi connectivity index (χ1) is 13.5. The zero-order chi connectivity index (χ0) is 20.7. The molecule has 0 amide bonds. The Morgan fingerprint density at radius 1 is 0.786 bits per heavy atom. The van der Waals surface area contributed by atoms with Crippen LogP contribution in [0.3, 0.4) is 0 Å². The minimum Gasteiger partial charge on any atom is -0.479 e. The van der Waals surface area contributed by atoms with E-state index in [1.807, 2.05) is 48.5 Å². The van der Waals surface area contributed by atoms with E-state index in [4.69, 9.17) is 4.74 Å². The summed E-state index contributed by atoms with van der Waals surface area (Å²) < 4.78 is 5.65. The van der Waals surface area contributed by atoms with Gasteiger partial charge in [-0.3, -0.25) is 0 Å². The molecule has 0 saturated heterocycles. The quantitative estimate of drug-likeness (QED) is 0.660. The van der Waals surface area contributed by atoms with Crippen LogP contribution in [0, 0.1) is 0 Å². The summed E-state index contributed by atoms with van der Waals surface area (Å²) in [4.78, 5) is 16.8. The number of ether oxygens (including phenoxy) is 1. The smallest absolute Gasteiger partial charge is 0.345 e. The normalized spacial score (nSPS) is 11.3. The molecule has 1 N–H and O–H groups in total. The molecule has 0 radical (unpaired) electrons. The Hall–Kier alpha value is -2.53. The van der Waals surface area contributed by atoms with E-state index in [1.54, 1.807) is 0 Å². The number of carbonyl (C=O) groups is 1. The molecular weight excluding hydrogens is 352 g/mol. The molecule has 0 aromatic heterocycles. The first-order valence-electron chi connectivity index (χ1n) is 9.97. The van der Waals surface area contributed by atoms with Gasteiger partial charge in [0.05, 0.1) is 0 Å². The second kappa shape index (κ2) is 9.60. The zero-order valence-electron chi connectivity index (χ0n) is 17.6. The summed E-state index contributed by atoms with van der Waals surface area (Å²) in [5, 5.41) is 10.1. The highest BCUT2D eigenvalue weighted by molar-refractivity contribution is 5.84. The molecule has 5 nitrogen and oxygen atoms in total. The van der Waals surface area contributed by atoms with Crippen LogP contribution in [0.4, 0.5) is 11.4 Å². The van der Waals surface area contributed by atoms with Crippen molar-refractivity contribution in [2.45, 2.75) is 33.3 Å². The van der Waals surface area contributed by atoms with E-state index in [2.05, 4.69) is 37.5 Å². The molecule has 2 rings (SSSR count). The molecular formula is C23H32N2O3. The van der Waals surface area contributed by atoms with Gasteiger partial charge in [-0.05, 0) is 63.1 Å². The molecule has 0 unspecified atom stereocenters. The van der Waals surface area contributed by atoms with Gasteiger partial charge in [0.15, 0.2) is 0 Å². The van der Waals surface area contributed by atoms with E-state index in [-0.39, 0.29) is 0 Å². The van der Waals surface area contributed by atoms with Gasteiger partial charge in [0, 0.05) is 44.7 Å². The number of carboxylic acids is 1. The largest absolute Gasteiger partial charge is 0.479 e. The Labute approximate surface area is 168 Å². The molecule has 0 aliphatic rings. The summed E-state index contributed by atoms with van der Waals surface area (Å²) in [5.41, 5.74) is 1.81. The van der Waals surface area contributed by atoms with Gasteiger partial charge in [-0.25, -0.2) is 4.79 Å². The van der Waals surface area contributed by atoms with Crippen LogP contribution < -0.4 is 9.80 Å². The minimum absolute atomic E-state index is 0.606. The van der Waals surface area contributed by atoms with Crippen molar-refractivity contribution in [2.75, 3.05) is 43.1 Å². The average molecular weight is 385 g/mol. The second-order valence-corrected chi connectivity index (χ2v) is 6.63. The maximum Gasteiger partial charge on any atom is 0.345 e. The number of hydrogen-bond donors (Lipinski definition) is 1. The molecule has 0 aliphatic heterocycles. The fraction of sp³-hybridized carbons (Fsp3) is 0.435. The van der Waals surface area contributed by atoms with Gasteiger partial charge in [0.1, 0.15) is 0 Å². The van der Waals surface area contributed by atoms with Gasteiger partial charge in [-0.15, -0.1) is 0 Å². The van der Waals surface area contributed by atoms with E-state index in [1.165, 1.54) is 7.11 Å². The van der Waals surface area contributed by atoms with Crippen molar-refractivity contribution in [3.8, 4) is 0 Å². The summed E-state index contributed by atoms with van der Waals surface area (Å²) in [7, 11) is 1.45. The van der Waals surface area contributed by atoms with Crippen LogP contribution in [0.2, 0.25) is 0 Å². The van der Waals surface area contributed by atoms with Crippen molar-refractivity contribution in [3.63, 3.8) is 0 Å². The standard InChI is InChI=1S/C23H32N2O3/c1-6-24(7-2)20-14-10-18(11-15-20)23(28-5,22(26)27)19-12-16-21(17-13-19)25(8-3)9-4/h10-17H,6-9H2,1-5H3,(H,26,27). The summed E-state index contributed by atoms with van der Waals surface area (Å²) in [6.45, 7) is 12.0. The highest BCUT2D eigenvalue weighted by Gasteiger charge is 2.42. The summed E-state index contributed by atoms with van der Waals surface area (Å²) in [5.74, 6) is -1.03. The summed E-state index contributed by atoms with van der Waals surface area (Å²) in [6, 6.07) is 15.2. The van der Waals surface area contributed by atoms with Crippen molar-refractivity contribution in [1.82, 2.24) is 0 Å². The number of aliphatic carboxylic acids is 1. The van der Waals surface area contributed by atoms with Crippen LogP contribution in [-0.2, 0) is 15.1 Å². The predicted octanol–water partition coefficient (Wildman–Crippen LogP) is 4.35. The molecule has 2 aromatic carbocycles. The highest BCUT2D eigenvalue weighted by atomic mass is 16.5. The third-order valence-corrected chi connectivity index (χ3v) is 5.41. The maximum atomic E-state index is 12.4. The van der Waals surface area contributed by atoms with Crippen LogP contribution in [0.15, 0.2) is 48.5 Å². The van der Waals surface area contributed by atoms with E-state index < -0.39 is 11.6 Å². The van der Waals surface area contributed by atoms with Crippen LogP contribution in [-0.4, -0.2) is 44.4 Å². The molecule has 0 heterocycles. The fourth-order valence-corrected chi connectivity index (χ4v) is 3.73. The molecule has 0 fully saturated rings. The van der Waals surface area contributed by atoms with Crippen LogP contribution in [0.25, 0.3) is 0 Å². The molecule has 0 bridgehead atoms. The van der Waals surface area contributed by atoms with Crippen molar-refractivity contribution in [3.05, 3.63) is 59.7 Å². The SMILES string of the molecule is CCN(CC)c1ccc(C(OC)(C(=O)O)c2ccc(N(CC)CC)cc2)cc1. The fourth-order valence-electron chi connectivity index (χ4n) is 3.73. The monoisotopic (exact) mass is 384 g/mol. The molecule has 0 aliphatic carbocycles. The number of benzene rings is 2. The Bertz CT molecular complexity index is 693. The van der Waals surface area contributed by atoms with Crippen molar-refractivity contribution in [2.24, 2.45) is 0 Å². The zero-order valence-corrected chi connectivity index (χ0v) is 17.6. The van der Waals surface area contributed by atoms with E-state index in [9.17, 15) is 9.90 Å². The molecule has 28 heavy (non-hydrogen) atoms. The van der Waals surface area contributed by atoms with Gasteiger partial charge in [-0.2, -0.15) is 0 Å². The number of rotatable bonds is 10. The molecule has 0 atom stereocenters. The first kappa shape index (κ1) is 21.8. The number of methoxy groups -OCH3 is 1. The Balaban J connectivity index is 2.49. The third kappa shape index (κ3) is 3.99. The van der Waals surface area contributed by atoms with Crippen molar-refractivity contribution < 1.29 is 14.6 Å². The summed E-state index contributed by atoms with van der Waals surface area (Å²) >= 11 is 0. The number of nitrogens with zero attached hydrogens (tertiary/aromatic N) is 2. The van der Waals surface area contributed by atoms with Crippen LogP contribution >= 0.6 is 0 Å². The van der Waals surface area contributed by atoms with E-state index in [0.29, 0.717) is 11.1 Å². The molecule has 5 heteroatoms. The van der Waals surface area contributed by atoms with Gasteiger partial charge >= 0.3 is 5.97 Å². The lowest BCUT2D eigenvalue weighted by Gasteiger charge is -2.30. The highest BCUT2D eigenvalue weighted by Crippen LogP contribution is 2.35. The lowest BCUT2D eigenvalue weighted by Crippen LogP contribution is -2.39. The lowest BCUT2D eigenvalue weighted by atomic mass is 9.85. The Kier molecular flexibility index (Phi) is 7.46. The third-order valence-electron chi connectivity index (χ3n) is 5.41. The first-order valence-corrected chi connectivity index (χ1v) is 9.97. The van der Waals surface area contributed by atoms with Crippen LogP contribution in [0.1, 0.15) is 38.8 Å². The number of hydrogen-bond acceptors (Lipinski definition) is 4. The number of carboxylic acid groups (broad SMARTS) is 1. The van der Waals surface area contributed by atoms with Gasteiger partial charge < -0.3 is 19.6 Å².